The predicted molar refractivity (Wildman–Crippen MR) is 176 cm³/mol. The number of hydrogen-bond donors (Lipinski definition) is 1. The summed E-state index contributed by atoms with van der Waals surface area (Å²) in [5.41, 5.74) is 6.06. The summed E-state index contributed by atoms with van der Waals surface area (Å²) in [6.07, 6.45) is 7.33. The van der Waals surface area contributed by atoms with Crippen LogP contribution in [0.25, 0.3) is 10.9 Å². The van der Waals surface area contributed by atoms with Crippen molar-refractivity contribution in [2.45, 2.75) is 52.2 Å². The van der Waals surface area contributed by atoms with Gasteiger partial charge < -0.3 is 24.0 Å². The summed E-state index contributed by atoms with van der Waals surface area (Å²) in [4.78, 5) is 34.5. The fourth-order valence-electron chi connectivity index (χ4n) is 5.42. The Morgan fingerprint density at radius 3 is 2.17 bits per heavy atom. The minimum atomic E-state index is -0.561. The molecule has 1 aliphatic rings. The third-order valence-electron chi connectivity index (χ3n) is 7.40. The number of oxime groups is 2. The Bertz CT molecular complexity index is 1970. The zero-order valence-corrected chi connectivity index (χ0v) is 26.8. The fourth-order valence-corrected chi connectivity index (χ4v) is 5.74. The number of fused-ring (bicyclic) bond motifs is 3. The molecular formula is C33H29N7O6S. The van der Waals surface area contributed by atoms with Gasteiger partial charge in [-0.3, -0.25) is 0 Å². The van der Waals surface area contributed by atoms with E-state index >= 15 is 0 Å². The first kappa shape index (κ1) is 32.5. The van der Waals surface area contributed by atoms with Crippen LogP contribution < -0.4 is 14.4 Å². The van der Waals surface area contributed by atoms with Gasteiger partial charge in [-0.1, -0.05) is 22.4 Å². The summed E-state index contributed by atoms with van der Waals surface area (Å²) in [6.45, 7) is 5.94. The van der Waals surface area contributed by atoms with Gasteiger partial charge in [-0.2, -0.15) is 17.7 Å². The van der Waals surface area contributed by atoms with E-state index in [1.54, 1.807) is 49.4 Å². The van der Waals surface area contributed by atoms with Crippen LogP contribution in [0, 0.1) is 23.0 Å². The molecule has 0 N–H and O–H groups in total. The van der Waals surface area contributed by atoms with E-state index < -0.39 is 11.9 Å². The van der Waals surface area contributed by atoms with Gasteiger partial charge in [0.15, 0.2) is 5.84 Å². The average molecular weight is 652 g/mol. The van der Waals surface area contributed by atoms with Crippen molar-refractivity contribution in [2.75, 3.05) is 4.90 Å². The lowest BCUT2D eigenvalue weighted by Crippen LogP contribution is -2.20. The van der Waals surface area contributed by atoms with Crippen molar-refractivity contribution in [3.05, 3.63) is 71.4 Å². The van der Waals surface area contributed by atoms with E-state index in [1.165, 1.54) is 19.9 Å². The maximum absolute atomic E-state index is 11.5. The van der Waals surface area contributed by atoms with Gasteiger partial charge in [-0.15, -0.1) is 10.5 Å². The summed E-state index contributed by atoms with van der Waals surface area (Å²) >= 11 is 4.82. The number of ether oxygens (including phenoxy) is 2. The van der Waals surface area contributed by atoms with Crippen LogP contribution in [0.4, 0.5) is 17.1 Å². The normalized spacial score (nSPS) is 14.4. The number of nitriles is 2. The molecule has 0 saturated carbocycles. The highest BCUT2D eigenvalue weighted by molar-refractivity contribution is 7.80. The molecule has 5 rings (SSSR count). The van der Waals surface area contributed by atoms with E-state index in [-0.39, 0.29) is 16.7 Å². The van der Waals surface area contributed by atoms with Crippen molar-refractivity contribution in [1.82, 2.24) is 9.78 Å². The van der Waals surface area contributed by atoms with Gasteiger partial charge in [0.2, 0.25) is 0 Å². The van der Waals surface area contributed by atoms with E-state index in [9.17, 15) is 20.1 Å². The van der Waals surface area contributed by atoms with Crippen molar-refractivity contribution in [1.29, 1.82) is 10.5 Å². The molecule has 1 aromatic heterocycles. The molecule has 0 bridgehead atoms. The molecule has 47 heavy (non-hydrogen) atoms. The zero-order chi connectivity index (χ0) is 33.7. The average Bonchev–Trinajstić information content (AvgIpc) is 3.47. The fraction of sp³-hybridized carbons (Fsp3) is 0.242. The Hall–Kier alpha value is -5.86. The molecule has 238 valence electrons. The third-order valence-corrected chi connectivity index (χ3v) is 7.84. The largest absolute Gasteiger partial charge is 0.388 e. The van der Waals surface area contributed by atoms with E-state index in [0.717, 1.165) is 34.2 Å². The number of carbonyl (C=O) groups excluding carboxylic acids is 2. The lowest BCUT2D eigenvalue weighted by atomic mass is 9.87. The Morgan fingerprint density at radius 2 is 1.55 bits per heavy atom. The van der Waals surface area contributed by atoms with Crippen molar-refractivity contribution in [2.24, 2.45) is 10.3 Å². The molecule has 0 radical (unpaired) electrons. The Kier molecular flexibility index (Phi) is 9.73. The maximum atomic E-state index is 11.5. The predicted octanol–water partition coefficient (Wildman–Crippen LogP) is 6.04. The number of aromatic nitrogens is 2. The van der Waals surface area contributed by atoms with Crippen molar-refractivity contribution in [3.63, 3.8) is 0 Å². The Morgan fingerprint density at radius 1 is 0.915 bits per heavy atom. The first-order valence-corrected chi connectivity index (χ1v) is 14.9. The minimum absolute atomic E-state index is 0.121. The molecule has 0 aliphatic heterocycles. The van der Waals surface area contributed by atoms with E-state index in [1.807, 2.05) is 35.2 Å². The van der Waals surface area contributed by atoms with Crippen LogP contribution in [0.2, 0.25) is 0 Å². The topological polar surface area (TPSA) is 164 Å². The van der Waals surface area contributed by atoms with Crippen LogP contribution in [0.15, 0.2) is 65.0 Å². The van der Waals surface area contributed by atoms with Gasteiger partial charge in [0.1, 0.15) is 11.5 Å². The number of thiol groups is 1. The number of rotatable bonds is 8. The molecular weight excluding hydrogens is 622 g/mol. The Labute approximate surface area is 275 Å². The van der Waals surface area contributed by atoms with E-state index in [4.69, 9.17) is 31.8 Å². The molecule has 1 aliphatic carbocycles. The quantitative estimate of drug-likeness (QED) is 0.0593. The van der Waals surface area contributed by atoms with Crippen LogP contribution in [-0.4, -0.2) is 38.5 Å². The standard InChI is InChI=1S/C33H29N7O6S/c1-19(37-45-21(3)41)23-5-7-24(8-6-23)39(25-11-26(43-17-34)13-27(12-25)44-18-35)32-15-33-31(30-14-28(47)9-10-29(30)32)16-36-40(33)20(2)38-46-22(4)42/h5-8,11-13,15-16,28,47H,9-10,14H2,1-4H3/b37-19-,38-20-. The van der Waals surface area contributed by atoms with Crippen LogP contribution in [0.1, 0.15) is 50.8 Å². The van der Waals surface area contributed by atoms with Crippen molar-refractivity contribution >= 4 is 64.1 Å². The maximum Gasteiger partial charge on any atom is 0.332 e. The summed E-state index contributed by atoms with van der Waals surface area (Å²) < 4.78 is 12.0. The lowest BCUT2D eigenvalue weighted by molar-refractivity contribution is -0.141. The highest BCUT2D eigenvalue weighted by Crippen LogP contribution is 2.45. The van der Waals surface area contributed by atoms with Gasteiger partial charge in [0, 0.05) is 48.4 Å². The van der Waals surface area contributed by atoms with Crippen LogP contribution in [-0.2, 0) is 32.1 Å². The van der Waals surface area contributed by atoms with E-state index in [0.29, 0.717) is 41.3 Å². The molecule has 0 saturated heterocycles. The number of benzene rings is 3. The minimum Gasteiger partial charge on any atom is -0.388 e. The number of anilines is 3. The summed E-state index contributed by atoms with van der Waals surface area (Å²) in [5.74, 6) is -0.415. The second kappa shape index (κ2) is 14.1. The second-order valence-corrected chi connectivity index (χ2v) is 11.4. The van der Waals surface area contributed by atoms with Gasteiger partial charge in [-0.05, 0) is 68.0 Å². The molecule has 3 aromatic carbocycles. The highest BCUT2D eigenvalue weighted by Gasteiger charge is 2.28. The van der Waals surface area contributed by atoms with Gasteiger partial charge in [-0.25, -0.2) is 14.3 Å². The lowest BCUT2D eigenvalue weighted by Gasteiger charge is -2.32. The third kappa shape index (κ3) is 7.19. The SMILES string of the molecule is CC(=O)O/N=C(/C)c1ccc(N(c2cc(OC#N)cc(OC#N)c2)c2cc3c(cnn3/C(C)=N\OC(C)=O)c3c2CCC(S)C3)cc1. The Balaban J connectivity index is 1.78. The second-order valence-electron chi connectivity index (χ2n) is 10.7. The van der Waals surface area contributed by atoms with Crippen molar-refractivity contribution < 1.29 is 28.7 Å². The number of carbonyl (C=O) groups is 2. The van der Waals surface area contributed by atoms with Crippen LogP contribution >= 0.6 is 12.6 Å². The highest BCUT2D eigenvalue weighted by atomic mass is 32.1. The molecule has 14 heteroatoms. The molecule has 4 aromatic rings. The molecule has 0 amide bonds. The molecule has 1 atom stereocenters. The zero-order valence-electron chi connectivity index (χ0n) is 25.9. The molecule has 13 nitrogen and oxygen atoms in total. The van der Waals surface area contributed by atoms with Gasteiger partial charge >= 0.3 is 11.9 Å². The summed E-state index contributed by atoms with van der Waals surface area (Å²) in [7, 11) is 0. The first-order valence-electron chi connectivity index (χ1n) is 14.4. The van der Waals surface area contributed by atoms with Crippen LogP contribution in [0.3, 0.4) is 0 Å². The summed E-state index contributed by atoms with van der Waals surface area (Å²) in [5, 5.41) is 32.1. The number of hydrogen-bond acceptors (Lipinski definition) is 13. The van der Waals surface area contributed by atoms with E-state index in [2.05, 4.69) is 15.4 Å². The molecule has 1 heterocycles. The molecule has 1 unspecified atom stereocenters. The molecule has 0 spiro atoms. The molecule has 0 fully saturated rings. The summed E-state index contributed by atoms with van der Waals surface area (Å²) in [6, 6.07) is 14.2. The number of nitrogens with zero attached hydrogens (tertiary/aromatic N) is 7. The van der Waals surface area contributed by atoms with Crippen LogP contribution in [0.5, 0.6) is 11.5 Å². The first-order chi connectivity index (χ1) is 22.6. The van der Waals surface area contributed by atoms with Gasteiger partial charge in [0.05, 0.1) is 28.8 Å². The smallest absolute Gasteiger partial charge is 0.332 e. The van der Waals surface area contributed by atoms with Crippen molar-refractivity contribution in [3.8, 4) is 24.0 Å². The monoisotopic (exact) mass is 651 g/mol. The van der Waals surface area contributed by atoms with Gasteiger partial charge in [0.25, 0.3) is 12.5 Å².